The molecule has 1 aliphatic rings. The molecule has 0 heterocycles. The molecule has 0 spiro atoms. The fourth-order valence-electron chi connectivity index (χ4n) is 7.04. The third kappa shape index (κ3) is 30.9. The molecule has 1 rings (SSSR count). The minimum Gasteiger partial charge on any atom is -0.462 e. The van der Waals surface area contributed by atoms with Crippen molar-refractivity contribution in [2.45, 2.75) is 224 Å². The lowest BCUT2D eigenvalue weighted by Gasteiger charge is -2.43. The monoisotopic (exact) mass is 941 g/mol. The Balaban J connectivity index is 2.64. The minimum absolute atomic E-state index is 0.0259. The normalized spacial score (nSPS) is 22.2. The van der Waals surface area contributed by atoms with Crippen LogP contribution in [0.3, 0.4) is 0 Å². The lowest BCUT2D eigenvalue weighted by molar-refractivity contribution is -0.216. The predicted molar refractivity (Wildman–Crippen MR) is 241 cm³/mol. The van der Waals surface area contributed by atoms with Gasteiger partial charge in [0.1, 0.15) is 43.2 Å². The Hall–Kier alpha value is -1.78. The van der Waals surface area contributed by atoms with Crippen LogP contribution in [0.25, 0.3) is 0 Å². The zero-order chi connectivity index (χ0) is 46.8. The fourth-order valence-corrected chi connectivity index (χ4v) is 8.58. The Morgan fingerprint density at radius 2 is 0.937 bits per heavy atom. The molecule has 1 saturated carbocycles. The Morgan fingerprint density at radius 1 is 0.508 bits per heavy atom. The van der Waals surface area contributed by atoms with E-state index in [0.29, 0.717) is 19.3 Å². The number of hydrogen-bond donors (Lipinski definition) is 7. The van der Waals surface area contributed by atoms with Crippen LogP contribution in [0.4, 0.5) is 0 Å². The van der Waals surface area contributed by atoms with Crippen LogP contribution in [0, 0.1) is 0 Å². The van der Waals surface area contributed by atoms with Crippen LogP contribution in [0.15, 0.2) is 36.5 Å². The van der Waals surface area contributed by atoms with Gasteiger partial charge >= 0.3 is 27.6 Å². The number of aliphatic hydroxyl groups is 4. The van der Waals surface area contributed by atoms with Gasteiger partial charge < -0.3 is 44.6 Å². The molecule has 63 heavy (non-hydrogen) atoms. The molecule has 1 aliphatic carbocycles. The minimum atomic E-state index is -5.37. The number of phosphoric acid groups is 2. The summed E-state index contributed by atoms with van der Waals surface area (Å²) in [6, 6.07) is 0. The molecule has 8 unspecified atom stereocenters. The Morgan fingerprint density at radius 3 is 1.44 bits per heavy atom. The Labute approximate surface area is 376 Å². The molecule has 0 aromatic carbocycles. The highest BCUT2D eigenvalue weighted by Gasteiger charge is 2.54. The predicted octanol–water partition coefficient (Wildman–Crippen LogP) is 8.73. The lowest BCUT2D eigenvalue weighted by Crippen LogP contribution is -2.64. The average Bonchev–Trinajstić information content (AvgIpc) is 3.23. The van der Waals surface area contributed by atoms with Crippen molar-refractivity contribution < 1.29 is 76.9 Å². The van der Waals surface area contributed by atoms with E-state index in [1.807, 2.05) is 12.2 Å². The second kappa shape index (κ2) is 36.4. The maximum absolute atomic E-state index is 13.0. The molecule has 8 atom stereocenters. The lowest BCUT2D eigenvalue weighted by atomic mass is 9.85. The highest BCUT2D eigenvalue weighted by atomic mass is 31.2. The molecule has 7 N–H and O–H groups in total. The summed E-state index contributed by atoms with van der Waals surface area (Å²) in [4.78, 5) is 54.2. The third-order valence-electron chi connectivity index (χ3n) is 10.7. The summed E-state index contributed by atoms with van der Waals surface area (Å²) in [6.07, 6.45) is 24.0. The van der Waals surface area contributed by atoms with Gasteiger partial charge in [0, 0.05) is 12.8 Å². The number of carbonyl (C=O) groups is 2. The Kier molecular flexibility index (Phi) is 34.2. The van der Waals surface area contributed by atoms with Crippen molar-refractivity contribution in [3.63, 3.8) is 0 Å². The van der Waals surface area contributed by atoms with E-state index >= 15 is 0 Å². The van der Waals surface area contributed by atoms with Crippen molar-refractivity contribution in [1.82, 2.24) is 0 Å². The summed E-state index contributed by atoms with van der Waals surface area (Å²) in [5.74, 6) is -1.26. The summed E-state index contributed by atoms with van der Waals surface area (Å²) < 4.78 is 49.3. The van der Waals surface area contributed by atoms with Gasteiger partial charge in [-0.15, -0.1) is 0 Å². The van der Waals surface area contributed by atoms with Gasteiger partial charge in [0.15, 0.2) is 6.10 Å². The van der Waals surface area contributed by atoms with Crippen molar-refractivity contribution in [1.29, 1.82) is 0 Å². The molecule has 0 saturated heterocycles. The molecular formula is C45H82O16P2. The van der Waals surface area contributed by atoms with Gasteiger partial charge in [-0.3, -0.25) is 23.2 Å². The largest absolute Gasteiger partial charge is 0.472 e. The first-order chi connectivity index (χ1) is 30.1. The molecule has 368 valence electrons. The van der Waals surface area contributed by atoms with E-state index in [9.17, 15) is 44.0 Å². The quantitative estimate of drug-likeness (QED) is 0.0132. The molecule has 16 nitrogen and oxygen atoms in total. The van der Waals surface area contributed by atoms with Crippen molar-refractivity contribution in [2.24, 2.45) is 0 Å². The zero-order valence-electron chi connectivity index (χ0n) is 38.0. The third-order valence-corrected chi connectivity index (χ3v) is 12.2. The molecule has 1 fully saturated rings. The first-order valence-corrected chi connectivity index (χ1v) is 26.6. The second-order valence-corrected chi connectivity index (χ2v) is 19.1. The van der Waals surface area contributed by atoms with Crippen LogP contribution >= 0.6 is 15.6 Å². The molecule has 0 aromatic heterocycles. The molecule has 0 aromatic rings. The number of aliphatic hydroxyl groups excluding tert-OH is 4. The van der Waals surface area contributed by atoms with Gasteiger partial charge in [-0.05, 0) is 44.9 Å². The van der Waals surface area contributed by atoms with Crippen LogP contribution in [0.2, 0.25) is 0 Å². The molecule has 18 heteroatoms. The molecule has 0 radical (unpaired) electrons. The van der Waals surface area contributed by atoms with Crippen LogP contribution < -0.4 is 0 Å². The van der Waals surface area contributed by atoms with E-state index in [-0.39, 0.29) is 12.8 Å². The van der Waals surface area contributed by atoms with Crippen molar-refractivity contribution in [3.05, 3.63) is 36.5 Å². The van der Waals surface area contributed by atoms with E-state index in [1.165, 1.54) is 89.9 Å². The number of unbranched alkanes of at least 4 members (excludes halogenated alkanes) is 19. The second-order valence-electron chi connectivity index (χ2n) is 16.5. The van der Waals surface area contributed by atoms with Crippen molar-refractivity contribution >= 4 is 27.6 Å². The summed E-state index contributed by atoms with van der Waals surface area (Å²) in [5, 5.41) is 41.2. The zero-order valence-corrected chi connectivity index (χ0v) is 39.8. The van der Waals surface area contributed by atoms with Crippen LogP contribution in [-0.4, -0.2) is 103 Å². The smallest absolute Gasteiger partial charge is 0.462 e. The van der Waals surface area contributed by atoms with E-state index in [0.717, 1.165) is 44.9 Å². The van der Waals surface area contributed by atoms with Gasteiger partial charge in [-0.1, -0.05) is 159 Å². The standard InChI is InChI=1S/C45H82O16P2/c1-3-5-7-9-11-13-15-17-18-19-20-22-24-26-28-30-32-34-39(47)59-37(35-57-38(46)33-31-29-27-25-23-21-16-14-12-10-8-6-4-2)36-58-63(55,56)61-45-42(50)40(48)41(49)44(43(45)51)60-62(52,53)54/h17-18,20,22,26,28,37,40-45,48-51H,3-16,19,21,23-25,27,29-36H2,1-2H3,(H,55,56)(H2,52,53,54). The van der Waals surface area contributed by atoms with Gasteiger partial charge in [0.25, 0.3) is 0 Å². The molecule has 0 bridgehead atoms. The summed E-state index contributed by atoms with van der Waals surface area (Å²) in [7, 11) is -10.7. The molecule has 0 amide bonds. The van der Waals surface area contributed by atoms with Gasteiger partial charge in [-0.25, -0.2) is 9.13 Å². The number of allylic oxidation sites excluding steroid dienone is 6. The average molecular weight is 941 g/mol. The summed E-state index contributed by atoms with van der Waals surface area (Å²) >= 11 is 0. The van der Waals surface area contributed by atoms with Crippen molar-refractivity contribution in [2.75, 3.05) is 13.2 Å². The number of carbonyl (C=O) groups excluding carboxylic acids is 2. The maximum Gasteiger partial charge on any atom is 0.472 e. The SMILES string of the molecule is CCCCCCCCC=CCC=CCC=CCCCC(=O)OC(COC(=O)CCCCCCCCCCCCCCC)COP(=O)(O)OC1C(O)C(O)C(O)C(OP(=O)(O)O)C1O. The molecule has 0 aliphatic heterocycles. The fraction of sp³-hybridized carbons (Fsp3) is 0.822. The van der Waals surface area contributed by atoms with Gasteiger partial charge in [0.05, 0.1) is 6.61 Å². The number of phosphoric ester groups is 2. The first kappa shape index (κ1) is 59.2. The summed E-state index contributed by atoms with van der Waals surface area (Å²) in [5.41, 5.74) is 0. The van der Waals surface area contributed by atoms with Crippen molar-refractivity contribution in [3.8, 4) is 0 Å². The van der Waals surface area contributed by atoms with Crippen LogP contribution in [0.5, 0.6) is 0 Å². The van der Waals surface area contributed by atoms with E-state index in [4.69, 9.17) is 28.3 Å². The van der Waals surface area contributed by atoms with E-state index in [2.05, 4.69) is 42.7 Å². The first-order valence-electron chi connectivity index (χ1n) is 23.5. The number of ether oxygens (including phenoxy) is 2. The van der Waals surface area contributed by atoms with Gasteiger partial charge in [-0.2, -0.15) is 0 Å². The van der Waals surface area contributed by atoms with Gasteiger partial charge in [0.2, 0.25) is 0 Å². The molecular weight excluding hydrogens is 858 g/mol. The Bertz CT molecular complexity index is 1370. The van der Waals surface area contributed by atoms with Crippen LogP contribution in [0.1, 0.15) is 181 Å². The highest BCUT2D eigenvalue weighted by Crippen LogP contribution is 2.49. The topological polar surface area (TPSA) is 256 Å². The van der Waals surface area contributed by atoms with E-state index in [1.54, 1.807) is 0 Å². The summed E-state index contributed by atoms with van der Waals surface area (Å²) in [6.45, 7) is 3.06. The van der Waals surface area contributed by atoms with Crippen LogP contribution in [-0.2, 0) is 41.8 Å². The van der Waals surface area contributed by atoms with E-state index < -0.39 is 83.5 Å². The number of rotatable bonds is 39. The maximum atomic E-state index is 13.0. The highest BCUT2D eigenvalue weighted by molar-refractivity contribution is 7.47. The number of hydrogen-bond acceptors (Lipinski definition) is 13. The number of esters is 2.